The summed E-state index contributed by atoms with van der Waals surface area (Å²) < 4.78 is 0. The Morgan fingerprint density at radius 2 is 1.88 bits per heavy atom. The van der Waals surface area contributed by atoms with Crippen molar-refractivity contribution >= 4 is 23.2 Å². The van der Waals surface area contributed by atoms with Crippen LogP contribution in [0, 0.1) is 0 Å². The van der Waals surface area contributed by atoms with Crippen molar-refractivity contribution in [3.8, 4) is 0 Å². The molecule has 2 aliphatic carbocycles. The lowest BCUT2D eigenvalue weighted by Gasteiger charge is -2.40. The number of likely N-dealkylation sites (N-methyl/N-ethyl adjacent to an activating group) is 1. The van der Waals surface area contributed by atoms with Gasteiger partial charge >= 0.3 is 0 Å². The Labute approximate surface area is 113 Å². The Balaban J connectivity index is 1.87. The van der Waals surface area contributed by atoms with E-state index in [0.717, 1.165) is 37.6 Å². The molecule has 17 heavy (non-hydrogen) atoms. The van der Waals surface area contributed by atoms with Gasteiger partial charge in [0, 0.05) is 31.2 Å². The highest BCUT2D eigenvalue weighted by Crippen LogP contribution is 2.65. The largest absolute Gasteiger partial charge is 0.304 e. The molecule has 0 radical (unpaired) electrons. The highest BCUT2D eigenvalue weighted by atomic mass is 35.5. The Morgan fingerprint density at radius 1 is 1.24 bits per heavy atom. The van der Waals surface area contributed by atoms with Gasteiger partial charge in [-0.05, 0) is 26.5 Å². The molecule has 0 amide bonds. The van der Waals surface area contributed by atoms with Crippen LogP contribution in [0.3, 0.4) is 0 Å². The lowest BCUT2D eigenvalue weighted by atomic mass is 10.0. The molecule has 1 heterocycles. The minimum Gasteiger partial charge on any atom is -0.304 e. The fourth-order valence-corrected chi connectivity index (χ4v) is 4.38. The summed E-state index contributed by atoms with van der Waals surface area (Å²) in [6.45, 7) is 6.38. The molecule has 3 rings (SSSR count). The molecule has 1 aliphatic heterocycles. The molecule has 0 spiro atoms. The Kier molecular flexibility index (Phi) is 2.65. The maximum atomic E-state index is 6.71. The summed E-state index contributed by atoms with van der Waals surface area (Å²) in [5.41, 5.74) is 1.09. The van der Waals surface area contributed by atoms with Gasteiger partial charge in [0.2, 0.25) is 0 Å². The molecule has 2 fully saturated rings. The first-order valence-electron chi connectivity index (χ1n) is 6.18. The summed E-state index contributed by atoms with van der Waals surface area (Å²) in [5.74, 6) is 0. The summed E-state index contributed by atoms with van der Waals surface area (Å²) in [5, 5.41) is 0.928. The molecule has 1 unspecified atom stereocenters. The second kappa shape index (κ2) is 3.74. The topological polar surface area (TPSA) is 6.48 Å². The molecular weight excluding hydrogens is 255 g/mol. The predicted molar refractivity (Wildman–Crippen MR) is 72.7 cm³/mol. The van der Waals surface area contributed by atoms with Gasteiger partial charge in [-0.3, -0.25) is 4.90 Å². The zero-order chi connectivity index (χ0) is 12.3. The smallest absolute Gasteiger partial charge is 0.0887 e. The molecule has 94 valence electrons. The van der Waals surface area contributed by atoms with Crippen LogP contribution in [-0.4, -0.2) is 53.4 Å². The van der Waals surface area contributed by atoms with Crippen LogP contribution >= 0.6 is 23.2 Å². The van der Waals surface area contributed by atoms with Crippen LogP contribution in [0.25, 0.3) is 0 Å². The van der Waals surface area contributed by atoms with Crippen LogP contribution in [-0.2, 0) is 0 Å². The van der Waals surface area contributed by atoms with E-state index in [1.165, 1.54) is 5.57 Å². The number of nitrogens with zero attached hydrogens (tertiary/aromatic N) is 2. The first-order chi connectivity index (χ1) is 7.98. The van der Waals surface area contributed by atoms with Gasteiger partial charge in [0.1, 0.15) is 0 Å². The van der Waals surface area contributed by atoms with Crippen LogP contribution in [0.1, 0.15) is 13.3 Å². The van der Waals surface area contributed by atoms with Crippen LogP contribution in [0.5, 0.6) is 0 Å². The molecule has 1 saturated heterocycles. The SMILES string of the molecule is CC1=C[C@@]2(Cl)CC2(N2CCN(C)CC2)C(Cl)=C1. The Hall–Kier alpha value is -0.0200. The van der Waals surface area contributed by atoms with Gasteiger partial charge in [0.25, 0.3) is 0 Å². The maximum Gasteiger partial charge on any atom is 0.0887 e. The number of allylic oxidation sites excluding steroid dienone is 2. The number of rotatable bonds is 1. The van der Waals surface area contributed by atoms with E-state index < -0.39 is 0 Å². The zero-order valence-electron chi connectivity index (χ0n) is 10.3. The van der Waals surface area contributed by atoms with E-state index in [0.29, 0.717) is 0 Å². The predicted octanol–water partition coefficient (Wildman–Crippen LogP) is 2.44. The summed E-state index contributed by atoms with van der Waals surface area (Å²) in [7, 11) is 2.16. The Morgan fingerprint density at radius 3 is 2.47 bits per heavy atom. The van der Waals surface area contributed by atoms with Crippen molar-refractivity contribution in [2.75, 3.05) is 33.2 Å². The third-order valence-electron chi connectivity index (χ3n) is 4.32. The van der Waals surface area contributed by atoms with Crippen molar-refractivity contribution < 1.29 is 0 Å². The van der Waals surface area contributed by atoms with Crippen molar-refractivity contribution in [3.05, 3.63) is 22.8 Å². The van der Waals surface area contributed by atoms with Crippen LogP contribution in [0.15, 0.2) is 22.8 Å². The van der Waals surface area contributed by atoms with E-state index in [2.05, 4.69) is 35.9 Å². The average molecular weight is 273 g/mol. The van der Waals surface area contributed by atoms with Gasteiger partial charge in [-0.25, -0.2) is 0 Å². The van der Waals surface area contributed by atoms with E-state index in [1.807, 2.05) is 0 Å². The summed E-state index contributed by atoms with van der Waals surface area (Å²) in [4.78, 5) is 4.58. The first-order valence-corrected chi connectivity index (χ1v) is 6.93. The number of fused-ring (bicyclic) bond motifs is 1. The summed E-state index contributed by atoms with van der Waals surface area (Å²) >= 11 is 13.2. The fourth-order valence-electron chi connectivity index (χ4n) is 3.22. The van der Waals surface area contributed by atoms with Crippen molar-refractivity contribution in [1.82, 2.24) is 9.80 Å². The number of hydrogen-bond acceptors (Lipinski definition) is 2. The molecule has 2 atom stereocenters. The minimum atomic E-state index is -0.251. The number of piperazine rings is 1. The summed E-state index contributed by atoms with van der Waals surface area (Å²) in [6.07, 6.45) is 5.21. The molecule has 0 N–H and O–H groups in total. The normalized spacial score (nSPS) is 42.8. The molecule has 0 aromatic heterocycles. The van der Waals surface area contributed by atoms with Gasteiger partial charge in [0.15, 0.2) is 0 Å². The molecular formula is C13H18Cl2N2. The number of hydrogen-bond donors (Lipinski definition) is 0. The maximum absolute atomic E-state index is 6.71. The van der Waals surface area contributed by atoms with Crippen molar-refractivity contribution in [2.24, 2.45) is 0 Å². The van der Waals surface area contributed by atoms with E-state index in [1.54, 1.807) is 0 Å². The Bertz CT molecular complexity index is 410. The minimum absolute atomic E-state index is 0.100. The zero-order valence-corrected chi connectivity index (χ0v) is 11.9. The van der Waals surface area contributed by atoms with Crippen molar-refractivity contribution in [1.29, 1.82) is 0 Å². The third-order valence-corrected chi connectivity index (χ3v) is 5.30. The van der Waals surface area contributed by atoms with Gasteiger partial charge in [0.05, 0.1) is 10.4 Å². The van der Waals surface area contributed by atoms with Gasteiger partial charge < -0.3 is 4.90 Å². The monoisotopic (exact) mass is 272 g/mol. The number of halogens is 2. The van der Waals surface area contributed by atoms with Crippen LogP contribution in [0.4, 0.5) is 0 Å². The van der Waals surface area contributed by atoms with Crippen LogP contribution in [0.2, 0.25) is 0 Å². The third kappa shape index (κ3) is 1.61. The van der Waals surface area contributed by atoms with E-state index in [9.17, 15) is 0 Å². The van der Waals surface area contributed by atoms with Crippen LogP contribution < -0.4 is 0 Å². The highest BCUT2D eigenvalue weighted by molar-refractivity contribution is 6.37. The molecule has 2 nitrogen and oxygen atoms in total. The van der Waals surface area contributed by atoms with E-state index >= 15 is 0 Å². The van der Waals surface area contributed by atoms with Crippen molar-refractivity contribution in [3.63, 3.8) is 0 Å². The molecule has 0 bridgehead atoms. The second-order valence-corrected chi connectivity index (χ2v) is 6.65. The van der Waals surface area contributed by atoms with Crippen molar-refractivity contribution in [2.45, 2.75) is 23.8 Å². The molecule has 3 aliphatic rings. The molecule has 1 saturated carbocycles. The highest BCUT2D eigenvalue weighted by Gasteiger charge is 2.71. The quantitative estimate of drug-likeness (QED) is 0.677. The molecule has 0 aromatic carbocycles. The molecule has 4 heteroatoms. The van der Waals surface area contributed by atoms with Gasteiger partial charge in [-0.2, -0.15) is 0 Å². The fraction of sp³-hybridized carbons (Fsp3) is 0.692. The van der Waals surface area contributed by atoms with E-state index in [4.69, 9.17) is 23.2 Å². The lowest BCUT2D eigenvalue weighted by Crippen LogP contribution is -2.53. The second-order valence-electron chi connectivity index (χ2n) is 5.57. The average Bonchev–Trinajstić information content (AvgIpc) is 2.86. The van der Waals surface area contributed by atoms with Gasteiger partial charge in [-0.15, -0.1) is 11.6 Å². The standard InChI is InChI=1S/C13H18Cl2N2/c1-10-7-11(14)13(9-12(13,15)8-10)17-5-3-16(2)4-6-17/h7-8H,3-6,9H2,1-2H3/t12-,13?/m1/s1. The summed E-state index contributed by atoms with van der Waals surface area (Å²) in [6, 6.07) is 0. The van der Waals surface area contributed by atoms with E-state index in [-0.39, 0.29) is 10.4 Å². The number of alkyl halides is 1. The first kappa shape index (κ1) is 12.0. The molecule has 0 aromatic rings. The lowest BCUT2D eigenvalue weighted by molar-refractivity contribution is 0.114. The van der Waals surface area contributed by atoms with Gasteiger partial charge in [-0.1, -0.05) is 23.3 Å².